The summed E-state index contributed by atoms with van der Waals surface area (Å²) >= 11 is 0. The molecule has 2 aromatic heterocycles. The van der Waals surface area contributed by atoms with Crippen LogP contribution in [0.3, 0.4) is 0 Å². The van der Waals surface area contributed by atoms with E-state index in [9.17, 15) is 0 Å². The summed E-state index contributed by atoms with van der Waals surface area (Å²) in [6, 6.07) is 15.4. The molecule has 3 aromatic rings. The van der Waals surface area contributed by atoms with Crippen molar-refractivity contribution in [2.24, 2.45) is 0 Å². The molecule has 0 saturated carbocycles. The number of nitriles is 1. The molecule has 4 heteroatoms. The monoisotopic (exact) mass is 246 g/mol. The highest BCUT2D eigenvalue weighted by Gasteiger charge is 2.02. The van der Waals surface area contributed by atoms with E-state index in [1.165, 1.54) is 0 Å². The fraction of sp³-hybridized carbons (Fsp3) is 0. The summed E-state index contributed by atoms with van der Waals surface area (Å²) in [7, 11) is 0. The highest BCUT2D eigenvalue weighted by molar-refractivity contribution is 5.91. The van der Waals surface area contributed by atoms with Gasteiger partial charge in [0.1, 0.15) is 11.8 Å². The zero-order valence-electron chi connectivity index (χ0n) is 10.0. The molecular formula is C15H10N4. The van der Waals surface area contributed by atoms with Crippen molar-refractivity contribution < 1.29 is 0 Å². The lowest BCUT2D eigenvalue weighted by Crippen LogP contribution is -1.94. The maximum Gasteiger partial charge on any atom is 0.140 e. The second-order valence-corrected chi connectivity index (χ2v) is 4.05. The highest BCUT2D eigenvalue weighted by Crippen LogP contribution is 2.24. The Balaban J connectivity index is 1.99. The maximum atomic E-state index is 8.72. The van der Waals surface area contributed by atoms with Gasteiger partial charge in [-0.15, -0.1) is 0 Å². The average molecular weight is 246 g/mol. The van der Waals surface area contributed by atoms with Crippen LogP contribution in [0.2, 0.25) is 0 Å². The number of hydrogen-bond donors (Lipinski definition) is 1. The van der Waals surface area contributed by atoms with Crippen LogP contribution < -0.4 is 5.32 Å². The fourth-order valence-corrected chi connectivity index (χ4v) is 1.89. The first kappa shape index (κ1) is 11.2. The lowest BCUT2D eigenvalue weighted by atomic mass is 10.2. The largest absolute Gasteiger partial charge is 0.352 e. The summed E-state index contributed by atoms with van der Waals surface area (Å²) in [6.45, 7) is 0. The van der Waals surface area contributed by atoms with Gasteiger partial charge in [0.2, 0.25) is 0 Å². The van der Waals surface area contributed by atoms with E-state index in [4.69, 9.17) is 5.26 Å². The van der Waals surface area contributed by atoms with Gasteiger partial charge >= 0.3 is 0 Å². The predicted octanol–water partition coefficient (Wildman–Crippen LogP) is 3.25. The second-order valence-electron chi connectivity index (χ2n) is 4.05. The molecule has 0 aliphatic carbocycles. The molecule has 0 spiro atoms. The van der Waals surface area contributed by atoms with Gasteiger partial charge < -0.3 is 5.32 Å². The van der Waals surface area contributed by atoms with E-state index in [1.54, 1.807) is 18.5 Å². The topological polar surface area (TPSA) is 61.6 Å². The summed E-state index contributed by atoms with van der Waals surface area (Å²) in [4.78, 5) is 8.41. The SMILES string of the molecule is N#Cc1ccc(Nc2cccc3cccnc23)cn1. The first-order valence-corrected chi connectivity index (χ1v) is 5.84. The van der Waals surface area contributed by atoms with Gasteiger partial charge in [0.25, 0.3) is 0 Å². The standard InChI is InChI=1S/C15H10N4/c16-9-12-6-7-13(10-18-12)19-14-5-1-3-11-4-2-8-17-15(11)14/h1-8,10,19H. The third-order valence-electron chi connectivity index (χ3n) is 2.79. The third-order valence-corrected chi connectivity index (χ3v) is 2.79. The van der Waals surface area contributed by atoms with Crippen molar-refractivity contribution in [3.63, 3.8) is 0 Å². The number of fused-ring (bicyclic) bond motifs is 1. The molecule has 0 fully saturated rings. The molecule has 3 rings (SSSR count). The smallest absolute Gasteiger partial charge is 0.140 e. The van der Waals surface area contributed by atoms with Gasteiger partial charge in [-0.25, -0.2) is 4.98 Å². The average Bonchev–Trinajstić information content (AvgIpc) is 2.48. The minimum atomic E-state index is 0.404. The number of nitrogens with one attached hydrogen (secondary N) is 1. The van der Waals surface area contributed by atoms with E-state index in [-0.39, 0.29) is 0 Å². The quantitative estimate of drug-likeness (QED) is 0.754. The molecule has 0 saturated heterocycles. The Morgan fingerprint density at radius 2 is 1.89 bits per heavy atom. The van der Waals surface area contributed by atoms with Crippen molar-refractivity contribution in [3.8, 4) is 6.07 Å². The Kier molecular flexibility index (Phi) is 2.79. The Hall–Kier alpha value is -2.93. The summed E-state index contributed by atoms with van der Waals surface area (Å²) in [6.07, 6.45) is 3.41. The van der Waals surface area contributed by atoms with E-state index < -0.39 is 0 Å². The lowest BCUT2D eigenvalue weighted by Gasteiger charge is -2.08. The van der Waals surface area contributed by atoms with E-state index in [1.807, 2.05) is 42.5 Å². The Bertz CT molecular complexity index is 752. The van der Waals surface area contributed by atoms with Crippen LogP contribution in [0.1, 0.15) is 5.69 Å². The van der Waals surface area contributed by atoms with Crippen molar-refractivity contribution in [2.45, 2.75) is 0 Å². The lowest BCUT2D eigenvalue weighted by molar-refractivity contribution is 1.26. The van der Waals surface area contributed by atoms with E-state index in [0.29, 0.717) is 5.69 Å². The number of pyridine rings is 2. The maximum absolute atomic E-state index is 8.72. The molecule has 19 heavy (non-hydrogen) atoms. The number of nitrogens with zero attached hydrogens (tertiary/aromatic N) is 3. The van der Waals surface area contributed by atoms with Crippen LogP contribution in [0, 0.1) is 11.3 Å². The Morgan fingerprint density at radius 3 is 2.68 bits per heavy atom. The van der Waals surface area contributed by atoms with Gasteiger partial charge in [0.15, 0.2) is 0 Å². The minimum Gasteiger partial charge on any atom is -0.352 e. The molecule has 90 valence electrons. The van der Waals surface area contributed by atoms with Crippen molar-refractivity contribution >= 4 is 22.3 Å². The Morgan fingerprint density at radius 1 is 1.00 bits per heavy atom. The molecule has 2 heterocycles. The second kappa shape index (κ2) is 4.75. The Labute approximate surface area is 110 Å². The molecule has 1 N–H and O–H groups in total. The van der Waals surface area contributed by atoms with E-state index >= 15 is 0 Å². The van der Waals surface area contributed by atoms with Crippen LogP contribution >= 0.6 is 0 Å². The summed E-state index contributed by atoms with van der Waals surface area (Å²) in [5.74, 6) is 0. The van der Waals surface area contributed by atoms with Crippen LogP contribution in [0.15, 0.2) is 54.9 Å². The normalized spacial score (nSPS) is 10.1. The molecule has 1 aromatic carbocycles. The number of rotatable bonds is 2. The number of hydrogen-bond acceptors (Lipinski definition) is 4. The van der Waals surface area contributed by atoms with Crippen molar-refractivity contribution in [2.75, 3.05) is 5.32 Å². The van der Waals surface area contributed by atoms with Crippen LogP contribution in [0.4, 0.5) is 11.4 Å². The third kappa shape index (κ3) is 2.22. The minimum absolute atomic E-state index is 0.404. The zero-order chi connectivity index (χ0) is 13.1. The molecule has 0 unspecified atom stereocenters. The molecule has 4 nitrogen and oxygen atoms in total. The number of para-hydroxylation sites is 1. The van der Waals surface area contributed by atoms with Gasteiger partial charge in [-0.1, -0.05) is 18.2 Å². The van der Waals surface area contributed by atoms with Gasteiger partial charge in [0.05, 0.1) is 23.1 Å². The van der Waals surface area contributed by atoms with Crippen molar-refractivity contribution in [1.29, 1.82) is 5.26 Å². The first-order chi connectivity index (χ1) is 9.36. The van der Waals surface area contributed by atoms with Crippen molar-refractivity contribution in [3.05, 3.63) is 60.6 Å². The van der Waals surface area contributed by atoms with Crippen LogP contribution in [-0.4, -0.2) is 9.97 Å². The molecule has 0 radical (unpaired) electrons. The van der Waals surface area contributed by atoms with Gasteiger partial charge in [-0.3, -0.25) is 4.98 Å². The van der Waals surface area contributed by atoms with Gasteiger partial charge in [-0.05, 0) is 24.3 Å². The van der Waals surface area contributed by atoms with E-state index in [0.717, 1.165) is 22.3 Å². The van der Waals surface area contributed by atoms with Crippen LogP contribution in [-0.2, 0) is 0 Å². The van der Waals surface area contributed by atoms with Gasteiger partial charge in [-0.2, -0.15) is 5.26 Å². The summed E-state index contributed by atoms with van der Waals surface area (Å²) < 4.78 is 0. The molecule has 0 amide bonds. The molecule has 0 aliphatic rings. The van der Waals surface area contributed by atoms with Crippen LogP contribution in [0.25, 0.3) is 10.9 Å². The highest BCUT2D eigenvalue weighted by atomic mass is 14.9. The van der Waals surface area contributed by atoms with Crippen molar-refractivity contribution in [1.82, 2.24) is 9.97 Å². The van der Waals surface area contributed by atoms with E-state index in [2.05, 4.69) is 15.3 Å². The number of anilines is 2. The summed E-state index contributed by atoms with van der Waals surface area (Å²) in [5, 5.41) is 13.1. The summed E-state index contributed by atoms with van der Waals surface area (Å²) in [5.41, 5.74) is 3.07. The van der Waals surface area contributed by atoms with Gasteiger partial charge in [0, 0.05) is 11.6 Å². The fourth-order valence-electron chi connectivity index (χ4n) is 1.89. The zero-order valence-corrected chi connectivity index (χ0v) is 10.0. The molecule has 0 aliphatic heterocycles. The van der Waals surface area contributed by atoms with Crippen LogP contribution in [0.5, 0.6) is 0 Å². The molecular weight excluding hydrogens is 236 g/mol. The number of benzene rings is 1. The first-order valence-electron chi connectivity index (χ1n) is 5.84. The molecule has 0 atom stereocenters. The number of aromatic nitrogens is 2. The molecule has 0 bridgehead atoms. The predicted molar refractivity (Wildman–Crippen MR) is 74.0 cm³/mol.